The van der Waals surface area contributed by atoms with E-state index in [9.17, 15) is 14.0 Å². The zero-order chi connectivity index (χ0) is 20.5. The predicted octanol–water partition coefficient (Wildman–Crippen LogP) is 3.82. The Bertz CT molecular complexity index is 977. The van der Waals surface area contributed by atoms with Crippen LogP contribution in [0.3, 0.4) is 0 Å². The number of ether oxygens (including phenoxy) is 1. The fraction of sp³-hybridized carbons (Fsp3) is 0.130. The molecule has 0 heterocycles. The molecular weight excluding hydrogens is 371 g/mol. The maximum atomic E-state index is 13.2. The zero-order valence-electron chi connectivity index (χ0n) is 15.7. The number of carbonyl (C=O) groups is 2. The number of rotatable bonds is 8. The number of carbonyl (C=O) groups excluding carboxylic acids is 2. The van der Waals surface area contributed by atoms with E-state index in [1.807, 2.05) is 30.3 Å². The number of hydrogen-bond donors (Lipinski definition) is 2. The molecule has 0 aliphatic rings. The van der Waals surface area contributed by atoms with Crippen LogP contribution in [0.25, 0.3) is 0 Å². The first kappa shape index (κ1) is 20.1. The maximum absolute atomic E-state index is 13.2. The van der Waals surface area contributed by atoms with Crippen LogP contribution in [-0.2, 0) is 11.2 Å². The standard InChI is InChI=1S/C23H21FN2O3/c24-18-9-6-10-19(15-18)29-16-22(27)26-21-12-5-4-11-20(21)23(28)25-14-13-17-7-2-1-3-8-17/h1-12,15H,13-14,16H2,(H,25,28)(H,26,27). The smallest absolute Gasteiger partial charge is 0.262 e. The molecule has 0 saturated carbocycles. The van der Waals surface area contributed by atoms with E-state index in [2.05, 4.69) is 10.6 Å². The summed E-state index contributed by atoms with van der Waals surface area (Å²) < 4.78 is 18.4. The second-order valence-corrected chi connectivity index (χ2v) is 6.33. The first-order valence-corrected chi connectivity index (χ1v) is 9.21. The normalized spacial score (nSPS) is 10.2. The molecular formula is C23H21FN2O3. The monoisotopic (exact) mass is 392 g/mol. The van der Waals surface area contributed by atoms with E-state index >= 15 is 0 Å². The average Bonchev–Trinajstić information content (AvgIpc) is 2.73. The summed E-state index contributed by atoms with van der Waals surface area (Å²) in [6, 6.07) is 22.1. The van der Waals surface area contributed by atoms with Gasteiger partial charge in [0.15, 0.2) is 6.61 Å². The van der Waals surface area contributed by atoms with Crippen molar-refractivity contribution in [2.75, 3.05) is 18.5 Å². The molecule has 0 aliphatic heterocycles. The number of nitrogens with one attached hydrogen (secondary N) is 2. The highest BCUT2D eigenvalue weighted by Crippen LogP contribution is 2.16. The van der Waals surface area contributed by atoms with E-state index < -0.39 is 11.7 Å². The Balaban J connectivity index is 1.54. The highest BCUT2D eigenvalue weighted by molar-refractivity contribution is 6.04. The lowest BCUT2D eigenvalue weighted by atomic mass is 10.1. The Morgan fingerprint density at radius 1 is 0.897 bits per heavy atom. The van der Waals surface area contributed by atoms with Gasteiger partial charge in [0.2, 0.25) is 0 Å². The summed E-state index contributed by atoms with van der Waals surface area (Å²) in [5.41, 5.74) is 1.88. The van der Waals surface area contributed by atoms with Crippen LogP contribution in [0.15, 0.2) is 78.9 Å². The van der Waals surface area contributed by atoms with E-state index in [0.717, 1.165) is 5.56 Å². The van der Waals surface area contributed by atoms with Gasteiger partial charge in [-0.15, -0.1) is 0 Å². The minimum atomic E-state index is -0.446. The molecule has 0 spiro atoms. The Hall–Kier alpha value is -3.67. The molecule has 3 aromatic carbocycles. The van der Waals surface area contributed by atoms with Gasteiger partial charge in [-0.05, 0) is 36.2 Å². The Morgan fingerprint density at radius 2 is 1.66 bits per heavy atom. The molecule has 0 aromatic heterocycles. The summed E-state index contributed by atoms with van der Waals surface area (Å²) in [5, 5.41) is 5.53. The molecule has 2 N–H and O–H groups in total. The topological polar surface area (TPSA) is 67.4 Å². The van der Waals surface area contributed by atoms with E-state index in [1.165, 1.54) is 18.2 Å². The number of halogens is 1. The molecule has 0 atom stereocenters. The predicted molar refractivity (Wildman–Crippen MR) is 109 cm³/mol. The van der Waals surface area contributed by atoms with Crippen molar-refractivity contribution < 1.29 is 18.7 Å². The van der Waals surface area contributed by atoms with Crippen LogP contribution >= 0.6 is 0 Å². The van der Waals surface area contributed by atoms with Gasteiger partial charge < -0.3 is 15.4 Å². The van der Waals surface area contributed by atoms with E-state index in [4.69, 9.17) is 4.74 Å². The minimum Gasteiger partial charge on any atom is -0.484 e. The lowest BCUT2D eigenvalue weighted by Gasteiger charge is -2.12. The molecule has 0 saturated heterocycles. The van der Waals surface area contributed by atoms with Gasteiger partial charge in [-0.3, -0.25) is 9.59 Å². The first-order chi connectivity index (χ1) is 14.1. The highest BCUT2D eigenvalue weighted by atomic mass is 19.1. The maximum Gasteiger partial charge on any atom is 0.262 e. The van der Waals surface area contributed by atoms with Crippen LogP contribution in [0, 0.1) is 5.82 Å². The second kappa shape index (κ2) is 10.0. The van der Waals surface area contributed by atoms with Crippen molar-refractivity contribution in [1.82, 2.24) is 5.32 Å². The van der Waals surface area contributed by atoms with Crippen LogP contribution in [0.1, 0.15) is 15.9 Å². The van der Waals surface area contributed by atoms with Crippen molar-refractivity contribution in [3.8, 4) is 5.75 Å². The lowest BCUT2D eigenvalue weighted by Crippen LogP contribution is -2.28. The quantitative estimate of drug-likeness (QED) is 0.613. The molecule has 0 fully saturated rings. The molecule has 2 amide bonds. The minimum absolute atomic E-state index is 0.257. The van der Waals surface area contributed by atoms with Gasteiger partial charge in [-0.25, -0.2) is 4.39 Å². The third-order valence-electron chi connectivity index (χ3n) is 4.15. The Labute approximate surface area is 168 Å². The van der Waals surface area contributed by atoms with Gasteiger partial charge in [0, 0.05) is 12.6 Å². The van der Waals surface area contributed by atoms with Gasteiger partial charge in [0.05, 0.1) is 11.3 Å². The van der Waals surface area contributed by atoms with Crippen molar-refractivity contribution in [3.63, 3.8) is 0 Å². The fourth-order valence-electron chi connectivity index (χ4n) is 2.74. The second-order valence-electron chi connectivity index (χ2n) is 6.33. The third kappa shape index (κ3) is 6.17. The summed E-state index contributed by atoms with van der Waals surface area (Å²) in [6.07, 6.45) is 0.711. The van der Waals surface area contributed by atoms with Crippen LogP contribution in [0.5, 0.6) is 5.75 Å². The highest BCUT2D eigenvalue weighted by Gasteiger charge is 2.13. The molecule has 3 aromatic rings. The van der Waals surface area contributed by atoms with Gasteiger partial charge in [-0.2, -0.15) is 0 Å². The molecule has 148 valence electrons. The summed E-state index contributed by atoms with van der Waals surface area (Å²) in [6.45, 7) is 0.182. The summed E-state index contributed by atoms with van der Waals surface area (Å²) in [4.78, 5) is 24.7. The molecule has 0 unspecified atom stereocenters. The number of para-hydroxylation sites is 1. The van der Waals surface area contributed by atoms with Gasteiger partial charge >= 0.3 is 0 Å². The fourth-order valence-corrected chi connectivity index (χ4v) is 2.74. The molecule has 0 radical (unpaired) electrons. The van der Waals surface area contributed by atoms with E-state index in [0.29, 0.717) is 24.2 Å². The van der Waals surface area contributed by atoms with Crippen molar-refractivity contribution in [1.29, 1.82) is 0 Å². The number of anilines is 1. The van der Waals surface area contributed by atoms with Crippen LogP contribution in [0.4, 0.5) is 10.1 Å². The van der Waals surface area contributed by atoms with Crippen LogP contribution in [-0.4, -0.2) is 25.0 Å². The molecule has 0 bridgehead atoms. The SMILES string of the molecule is O=C(COc1cccc(F)c1)Nc1ccccc1C(=O)NCCc1ccccc1. The Morgan fingerprint density at radius 3 is 2.45 bits per heavy atom. The third-order valence-corrected chi connectivity index (χ3v) is 4.15. The van der Waals surface area contributed by atoms with E-state index in [1.54, 1.807) is 30.3 Å². The molecule has 3 rings (SSSR count). The molecule has 0 aliphatic carbocycles. The molecule has 6 heteroatoms. The number of benzene rings is 3. The summed E-state index contributed by atoms with van der Waals surface area (Å²) in [5.74, 6) is -0.908. The van der Waals surface area contributed by atoms with Gasteiger partial charge in [0.1, 0.15) is 11.6 Å². The van der Waals surface area contributed by atoms with Crippen LogP contribution in [0.2, 0.25) is 0 Å². The van der Waals surface area contributed by atoms with Crippen LogP contribution < -0.4 is 15.4 Å². The van der Waals surface area contributed by atoms with Crippen molar-refractivity contribution in [2.24, 2.45) is 0 Å². The number of hydrogen-bond acceptors (Lipinski definition) is 3. The largest absolute Gasteiger partial charge is 0.484 e. The zero-order valence-corrected chi connectivity index (χ0v) is 15.7. The Kier molecular flexibility index (Phi) is 6.95. The first-order valence-electron chi connectivity index (χ1n) is 9.21. The molecule has 5 nitrogen and oxygen atoms in total. The van der Waals surface area contributed by atoms with Gasteiger partial charge in [0.25, 0.3) is 11.8 Å². The van der Waals surface area contributed by atoms with Crippen molar-refractivity contribution in [3.05, 3.63) is 95.8 Å². The van der Waals surface area contributed by atoms with E-state index in [-0.39, 0.29) is 18.3 Å². The summed E-state index contributed by atoms with van der Waals surface area (Å²) >= 11 is 0. The van der Waals surface area contributed by atoms with Gasteiger partial charge in [-0.1, -0.05) is 48.5 Å². The lowest BCUT2D eigenvalue weighted by molar-refractivity contribution is -0.118. The summed E-state index contributed by atoms with van der Waals surface area (Å²) in [7, 11) is 0. The van der Waals surface area contributed by atoms with Crippen molar-refractivity contribution >= 4 is 17.5 Å². The average molecular weight is 392 g/mol. The molecule has 29 heavy (non-hydrogen) atoms. The number of amides is 2. The van der Waals surface area contributed by atoms with Crippen molar-refractivity contribution in [2.45, 2.75) is 6.42 Å².